The molecular weight excluding hydrogens is 528 g/mol. The van der Waals surface area contributed by atoms with Crippen LogP contribution in [0.3, 0.4) is 0 Å². The highest BCUT2D eigenvalue weighted by Crippen LogP contribution is 2.32. The molecule has 132 valence electrons. The van der Waals surface area contributed by atoms with Crippen molar-refractivity contribution < 1.29 is 8.95 Å². The first-order chi connectivity index (χ1) is 12.5. The van der Waals surface area contributed by atoms with Crippen LogP contribution in [0.4, 0.5) is 5.13 Å². The van der Waals surface area contributed by atoms with Crippen LogP contribution in [0.2, 0.25) is 9.36 Å². The number of aromatic nitrogens is 1. The van der Waals surface area contributed by atoms with Gasteiger partial charge in [-0.15, -0.1) is 0 Å². The second kappa shape index (κ2) is 8.54. The molecule has 0 amide bonds. The number of hydrogen-bond acceptors (Lipinski definition) is 5. The van der Waals surface area contributed by atoms with Crippen LogP contribution in [0.15, 0.2) is 47.5 Å². The Kier molecular flexibility index (Phi) is 6.37. The first kappa shape index (κ1) is 19.4. The van der Waals surface area contributed by atoms with Crippen molar-refractivity contribution in [2.45, 2.75) is 4.90 Å². The average Bonchev–Trinajstić information content (AvgIpc) is 3.02. The van der Waals surface area contributed by atoms with Crippen LogP contribution in [0.25, 0.3) is 0 Å². The predicted octanol–water partition coefficient (Wildman–Crippen LogP) is 5.85. The third-order valence-electron chi connectivity index (χ3n) is 3.06. The van der Waals surface area contributed by atoms with Gasteiger partial charge in [0.25, 0.3) is 0 Å². The van der Waals surface area contributed by atoms with Crippen molar-refractivity contribution in [3.05, 3.63) is 61.1 Å². The molecule has 1 atom stereocenters. The summed E-state index contributed by atoms with van der Waals surface area (Å²) in [5.41, 5.74) is 0.264. The number of nitriles is 1. The van der Waals surface area contributed by atoms with E-state index in [0.29, 0.717) is 30.9 Å². The average molecular weight is 536 g/mol. The highest BCUT2D eigenvalue weighted by atomic mass is 127. The summed E-state index contributed by atoms with van der Waals surface area (Å²) >= 11 is 15.0. The van der Waals surface area contributed by atoms with E-state index in [1.54, 1.807) is 30.3 Å². The molecule has 5 nitrogen and oxygen atoms in total. The van der Waals surface area contributed by atoms with Gasteiger partial charge in [-0.05, 0) is 59.0 Å². The Morgan fingerprint density at radius 3 is 2.65 bits per heavy atom. The minimum absolute atomic E-state index is 0.264. The zero-order chi connectivity index (χ0) is 18.7. The Labute approximate surface area is 179 Å². The number of nitrogens with zero attached hydrogens (tertiary/aromatic N) is 2. The number of anilines is 1. The lowest BCUT2D eigenvalue weighted by Gasteiger charge is -2.11. The van der Waals surface area contributed by atoms with E-state index in [4.69, 9.17) is 27.9 Å². The lowest BCUT2D eigenvalue weighted by molar-refractivity contribution is 0.477. The fourth-order valence-electron chi connectivity index (χ4n) is 1.92. The monoisotopic (exact) mass is 535 g/mol. The fraction of sp³-hybridized carbons (Fsp3) is 0. The Bertz CT molecular complexity index is 1040. The maximum Gasteiger partial charge on any atom is 0.196 e. The van der Waals surface area contributed by atoms with Gasteiger partial charge in [0.15, 0.2) is 16.1 Å². The molecule has 3 aromatic rings. The zero-order valence-corrected chi connectivity index (χ0v) is 18.0. The van der Waals surface area contributed by atoms with Gasteiger partial charge in [-0.2, -0.15) is 5.26 Å². The normalized spacial score (nSPS) is 11.6. The summed E-state index contributed by atoms with van der Waals surface area (Å²) in [6, 6.07) is 12.0. The molecular formula is C16H8Cl2IN3O2S2. The molecule has 0 aliphatic heterocycles. The van der Waals surface area contributed by atoms with Crippen LogP contribution >= 0.6 is 57.1 Å². The van der Waals surface area contributed by atoms with Crippen molar-refractivity contribution >= 4 is 73.2 Å². The Morgan fingerprint density at radius 1 is 1.23 bits per heavy atom. The molecule has 0 saturated heterocycles. The molecule has 0 spiro atoms. The molecule has 0 radical (unpaired) electrons. The van der Waals surface area contributed by atoms with E-state index in [0.717, 1.165) is 3.57 Å². The van der Waals surface area contributed by atoms with Crippen LogP contribution < -0.4 is 9.46 Å². The Balaban J connectivity index is 1.83. The molecule has 0 fully saturated rings. The van der Waals surface area contributed by atoms with Crippen LogP contribution in [-0.4, -0.2) is 9.19 Å². The van der Waals surface area contributed by atoms with Crippen molar-refractivity contribution in [2.24, 2.45) is 0 Å². The molecule has 1 aromatic heterocycles. The number of nitrogens with one attached hydrogen (secondary N) is 1. The summed E-state index contributed by atoms with van der Waals surface area (Å²) in [5, 5.41) is 10.4. The number of thiazole rings is 1. The summed E-state index contributed by atoms with van der Waals surface area (Å²) < 4.78 is 22.3. The highest BCUT2D eigenvalue weighted by Gasteiger charge is 2.13. The summed E-state index contributed by atoms with van der Waals surface area (Å²) in [6.45, 7) is 0. The number of benzene rings is 2. The van der Waals surface area contributed by atoms with Gasteiger partial charge in [-0.3, -0.25) is 4.72 Å². The van der Waals surface area contributed by atoms with Crippen LogP contribution in [-0.2, 0) is 11.0 Å². The van der Waals surface area contributed by atoms with E-state index in [1.165, 1.54) is 23.6 Å². The van der Waals surface area contributed by atoms with E-state index < -0.39 is 11.0 Å². The molecule has 0 saturated carbocycles. The summed E-state index contributed by atoms with van der Waals surface area (Å²) in [6.07, 6.45) is 1.47. The maximum atomic E-state index is 12.4. The van der Waals surface area contributed by atoms with Crippen LogP contribution in [0, 0.1) is 14.9 Å². The molecule has 0 aliphatic carbocycles. The van der Waals surface area contributed by atoms with Crippen molar-refractivity contribution in [1.82, 2.24) is 4.98 Å². The van der Waals surface area contributed by atoms with Crippen LogP contribution in [0.5, 0.6) is 11.5 Å². The summed E-state index contributed by atoms with van der Waals surface area (Å²) in [4.78, 5) is 4.42. The predicted molar refractivity (Wildman–Crippen MR) is 113 cm³/mol. The van der Waals surface area contributed by atoms with Crippen molar-refractivity contribution in [3.8, 4) is 17.6 Å². The largest absolute Gasteiger partial charge is 0.455 e. The number of halogens is 3. The van der Waals surface area contributed by atoms with Gasteiger partial charge >= 0.3 is 0 Å². The molecule has 0 aliphatic rings. The number of hydrogen-bond donors (Lipinski definition) is 1. The van der Waals surface area contributed by atoms with Gasteiger partial charge in [0.1, 0.15) is 21.9 Å². The molecule has 1 heterocycles. The van der Waals surface area contributed by atoms with E-state index >= 15 is 0 Å². The van der Waals surface area contributed by atoms with E-state index in [1.807, 2.05) is 0 Å². The number of ether oxygens (including phenoxy) is 1. The van der Waals surface area contributed by atoms with Gasteiger partial charge in [0.2, 0.25) is 0 Å². The number of rotatable bonds is 5. The maximum absolute atomic E-state index is 12.4. The lowest BCUT2D eigenvalue weighted by atomic mass is 10.2. The molecule has 26 heavy (non-hydrogen) atoms. The summed E-state index contributed by atoms with van der Waals surface area (Å²) in [7, 11) is -1.58. The molecule has 1 N–H and O–H groups in total. The lowest BCUT2D eigenvalue weighted by Crippen LogP contribution is -2.05. The molecule has 1 unspecified atom stereocenters. The van der Waals surface area contributed by atoms with Gasteiger partial charge in [0, 0.05) is 5.02 Å². The van der Waals surface area contributed by atoms with E-state index in [-0.39, 0.29) is 5.56 Å². The third kappa shape index (κ3) is 4.66. The van der Waals surface area contributed by atoms with Gasteiger partial charge in [0.05, 0.1) is 20.2 Å². The second-order valence-electron chi connectivity index (χ2n) is 4.79. The molecule has 2 aromatic carbocycles. The van der Waals surface area contributed by atoms with Gasteiger partial charge in [-0.25, -0.2) is 9.19 Å². The third-order valence-corrected chi connectivity index (χ3v) is 6.36. The van der Waals surface area contributed by atoms with Gasteiger partial charge < -0.3 is 4.74 Å². The zero-order valence-electron chi connectivity index (χ0n) is 12.7. The van der Waals surface area contributed by atoms with Crippen molar-refractivity contribution in [1.29, 1.82) is 5.26 Å². The standard InChI is InChI=1S/C16H8Cl2IN3O2S2/c17-10-1-3-14(12(19)6-10)24-13-4-2-11(5-9(13)7-20)26(23)22-16-21-8-15(18)25-16/h1-6,8H,(H,21,22). The van der Waals surface area contributed by atoms with Crippen molar-refractivity contribution in [2.75, 3.05) is 4.72 Å². The Morgan fingerprint density at radius 2 is 2.00 bits per heavy atom. The van der Waals surface area contributed by atoms with Crippen molar-refractivity contribution in [3.63, 3.8) is 0 Å². The van der Waals surface area contributed by atoms with E-state index in [9.17, 15) is 9.47 Å². The molecule has 3 rings (SSSR count). The van der Waals surface area contributed by atoms with Crippen LogP contribution in [0.1, 0.15) is 5.56 Å². The SMILES string of the molecule is N#Cc1cc(S(=O)Nc2ncc(Cl)s2)ccc1Oc1ccc(Cl)cc1I. The fourth-order valence-corrected chi connectivity index (χ4v) is 4.70. The summed E-state index contributed by atoms with van der Waals surface area (Å²) in [5.74, 6) is 0.946. The smallest absolute Gasteiger partial charge is 0.196 e. The molecule has 0 bridgehead atoms. The van der Waals surface area contributed by atoms with Gasteiger partial charge in [-0.1, -0.05) is 34.5 Å². The Hall–Kier alpha value is -1.38. The minimum Gasteiger partial charge on any atom is -0.455 e. The second-order valence-corrected chi connectivity index (χ2v) is 9.26. The highest BCUT2D eigenvalue weighted by molar-refractivity contribution is 14.1. The topological polar surface area (TPSA) is 75.0 Å². The first-order valence-electron chi connectivity index (χ1n) is 6.93. The first-order valence-corrected chi connectivity index (χ1v) is 10.7. The molecule has 10 heteroatoms. The van der Waals surface area contributed by atoms with E-state index in [2.05, 4.69) is 38.4 Å². The quantitative estimate of drug-likeness (QED) is 0.415. The minimum atomic E-state index is -1.58.